The Morgan fingerprint density at radius 3 is 2.50 bits per heavy atom. The zero-order chi connectivity index (χ0) is 30.0. The van der Waals surface area contributed by atoms with Crippen LogP contribution in [0.15, 0.2) is 98.8 Å². The van der Waals surface area contributed by atoms with Crippen LogP contribution in [0, 0.1) is 10.1 Å². The molecule has 2 aromatic carbocycles. The second kappa shape index (κ2) is 11.6. The fourth-order valence-electron chi connectivity index (χ4n) is 4.46. The molecule has 0 bridgehead atoms. The standard InChI is InChI=1S/C30H23N3O8S/c1-4-15-39-29(36)26-17(2)31-30-32(27(26)20-7-11-22(12-8-20)40-18(3)34)28(35)25(42-30)16-23-13-14-24(41-23)19-5-9-21(10-6-19)33(37)38/h4-14,16,27H,1,15H2,2-3H3. The largest absolute Gasteiger partial charge is 0.458 e. The second-order valence-corrected chi connectivity index (χ2v) is 10.1. The molecule has 0 amide bonds. The fraction of sp³-hybridized carbons (Fsp3) is 0.133. The first-order valence-corrected chi connectivity index (χ1v) is 13.4. The van der Waals surface area contributed by atoms with E-state index in [1.54, 1.807) is 61.5 Å². The molecule has 0 fully saturated rings. The van der Waals surface area contributed by atoms with Gasteiger partial charge in [0.15, 0.2) is 4.80 Å². The highest BCUT2D eigenvalue weighted by Gasteiger charge is 2.33. The SMILES string of the molecule is C=CCOC(=O)C1=C(C)N=c2sc(=Cc3ccc(-c4ccc([N+](=O)[O-])cc4)o3)c(=O)n2C1c1ccc(OC(C)=O)cc1. The van der Waals surface area contributed by atoms with Gasteiger partial charge in [0.05, 0.1) is 26.8 Å². The number of nitrogens with zero attached hydrogens (tertiary/aromatic N) is 3. The van der Waals surface area contributed by atoms with Crippen molar-refractivity contribution in [2.45, 2.75) is 19.9 Å². The monoisotopic (exact) mass is 585 g/mol. The van der Waals surface area contributed by atoms with Crippen molar-refractivity contribution < 1.29 is 28.4 Å². The second-order valence-electron chi connectivity index (χ2n) is 9.14. The van der Waals surface area contributed by atoms with Crippen molar-refractivity contribution in [1.29, 1.82) is 0 Å². The Hall–Kier alpha value is -5.36. The number of aromatic nitrogens is 1. The van der Waals surface area contributed by atoms with Gasteiger partial charge in [0.1, 0.15) is 23.9 Å². The Labute approximate surface area is 242 Å². The molecule has 0 aliphatic carbocycles. The zero-order valence-corrected chi connectivity index (χ0v) is 23.3. The summed E-state index contributed by atoms with van der Waals surface area (Å²) >= 11 is 1.13. The van der Waals surface area contributed by atoms with E-state index in [1.165, 1.54) is 29.7 Å². The van der Waals surface area contributed by atoms with E-state index in [2.05, 4.69) is 11.6 Å². The van der Waals surface area contributed by atoms with E-state index in [1.807, 2.05) is 0 Å². The molecule has 0 radical (unpaired) electrons. The molecule has 1 aliphatic heterocycles. The van der Waals surface area contributed by atoms with Crippen LogP contribution in [0.1, 0.15) is 31.2 Å². The summed E-state index contributed by atoms with van der Waals surface area (Å²) in [5.41, 5.74) is 1.36. The van der Waals surface area contributed by atoms with Gasteiger partial charge in [-0.25, -0.2) is 9.79 Å². The number of esters is 2. The lowest BCUT2D eigenvalue weighted by Gasteiger charge is -2.24. The van der Waals surface area contributed by atoms with Crippen molar-refractivity contribution in [3.8, 4) is 17.1 Å². The Balaban J connectivity index is 1.58. The Kier molecular flexibility index (Phi) is 7.80. The third-order valence-corrected chi connectivity index (χ3v) is 7.28. The zero-order valence-electron chi connectivity index (χ0n) is 22.4. The first kappa shape index (κ1) is 28.2. The average Bonchev–Trinajstić information content (AvgIpc) is 3.55. The minimum Gasteiger partial charge on any atom is -0.458 e. The van der Waals surface area contributed by atoms with Gasteiger partial charge in [0.2, 0.25) is 0 Å². The summed E-state index contributed by atoms with van der Waals surface area (Å²) in [6.07, 6.45) is 3.02. The molecule has 2 aromatic heterocycles. The normalized spacial score (nSPS) is 14.6. The molecule has 1 atom stereocenters. The van der Waals surface area contributed by atoms with Gasteiger partial charge in [0.25, 0.3) is 11.2 Å². The predicted molar refractivity (Wildman–Crippen MR) is 153 cm³/mol. The number of nitro groups is 1. The van der Waals surface area contributed by atoms with Gasteiger partial charge in [-0.2, -0.15) is 0 Å². The number of rotatable bonds is 8. The summed E-state index contributed by atoms with van der Waals surface area (Å²) in [4.78, 5) is 53.7. The highest BCUT2D eigenvalue weighted by Crippen LogP contribution is 2.32. The maximum atomic E-state index is 13.8. The van der Waals surface area contributed by atoms with Crippen molar-refractivity contribution in [2.24, 2.45) is 4.99 Å². The molecule has 11 nitrogen and oxygen atoms in total. The summed E-state index contributed by atoms with van der Waals surface area (Å²) < 4.78 is 18.1. The number of ether oxygens (including phenoxy) is 2. The van der Waals surface area contributed by atoms with E-state index in [4.69, 9.17) is 13.9 Å². The molecule has 0 spiro atoms. The van der Waals surface area contributed by atoms with Crippen LogP contribution in [-0.4, -0.2) is 28.0 Å². The van der Waals surface area contributed by atoms with Crippen molar-refractivity contribution in [3.63, 3.8) is 0 Å². The third-order valence-electron chi connectivity index (χ3n) is 6.29. The summed E-state index contributed by atoms with van der Waals surface area (Å²) in [7, 11) is 0. The number of fused-ring (bicyclic) bond motifs is 1. The minimum absolute atomic E-state index is 0.0201. The summed E-state index contributed by atoms with van der Waals surface area (Å²) in [5, 5.41) is 11.0. The number of allylic oxidation sites excluding steroid dienone is 1. The number of benzene rings is 2. The molecular weight excluding hydrogens is 562 g/mol. The van der Waals surface area contributed by atoms with Crippen LogP contribution >= 0.6 is 11.3 Å². The molecule has 212 valence electrons. The number of furan rings is 1. The number of thiazole rings is 1. The van der Waals surface area contributed by atoms with Gasteiger partial charge in [0, 0.05) is 30.7 Å². The van der Waals surface area contributed by atoms with Crippen LogP contribution in [0.4, 0.5) is 5.69 Å². The van der Waals surface area contributed by atoms with Gasteiger partial charge in [-0.3, -0.25) is 24.3 Å². The number of hydrogen-bond donors (Lipinski definition) is 0. The first-order valence-electron chi connectivity index (χ1n) is 12.6. The smallest absolute Gasteiger partial charge is 0.338 e. The lowest BCUT2D eigenvalue weighted by Crippen LogP contribution is -2.39. The summed E-state index contributed by atoms with van der Waals surface area (Å²) in [5.74, 6) is 0.0554. The molecule has 4 aromatic rings. The highest BCUT2D eigenvalue weighted by molar-refractivity contribution is 7.07. The number of carbonyl (C=O) groups is 2. The van der Waals surface area contributed by atoms with Crippen molar-refractivity contribution >= 4 is 35.0 Å². The van der Waals surface area contributed by atoms with E-state index in [-0.39, 0.29) is 17.9 Å². The molecule has 3 heterocycles. The van der Waals surface area contributed by atoms with E-state index in [9.17, 15) is 24.5 Å². The third kappa shape index (κ3) is 5.60. The van der Waals surface area contributed by atoms with E-state index >= 15 is 0 Å². The van der Waals surface area contributed by atoms with Crippen LogP contribution in [0.5, 0.6) is 5.75 Å². The van der Waals surface area contributed by atoms with Crippen molar-refractivity contribution in [3.05, 3.63) is 126 Å². The number of non-ortho nitro benzene ring substituents is 1. The Bertz CT molecular complexity index is 1930. The van der Waals surface area contributed by atoms with Gasteiger partial charge < -0.3 is 13.9 Å². The van der Waals surface area contributed by atoms with Gasteiger partial charge in [-0.05, 0) is 48.9 Å². The molecule has 1 unspecified atom stereocenters. The van der Waals surface area contributed by atoms with Crippen LogP contribution < -0.4 is 19.6 Å². The molecule has 0 saturated heterocycles. The predicted octanol–water partition coefficient (Wildman–Crippen LogP) is 4.06. The van der Waals surface area contributed by atoms with E-state index < -0.39 is 28.5 Å². The van der Waals surface area contributed by atoms with Crippen molar-refractivity contribution in [2.75, 3.05) is 6.61 Å². The minimum atomic E-state index is -0.862. The van der Waals surface area contributed by atoms with Crippen LogP contribution in [0.3, 0.4) is 0 Å². The van der Waals surface area contributed by atoms with Crippen LogP contribution in [0.25, 0.3) is 17.4 Å². The average molecular weight is 586 g/mol. The van der Waals surface area contributed by atoms with Gasteiger partial charge in [-0.15, -0.1) is 0 Å². The Morgan fingerprint density at radius 2 is 1.86 bits per heavy atom. The lowest BCUT2D eigenvalue weighted by atomic mass is 9.96. The molecule has 1 aliphatic rings. The number of hydrogen-bond acceptors (Lipinski definition) is 10. The topological polar surface area (TPSA) is 143 Å². The molecule has 42 heavy (non-hydrogen) atoms. The number of carbonyl (C=O) groups excluding carboxylic acids is 2. The van der Waals surface area contributed by atoms with E-state index in [0.29, 0.717) is 43.4 Å². The van der Waals surface area contributed by atoms with Crippen LogP contribution in [0.2, 0.25) is 0 Å². The summed E-state index contributed by atoms with van der Waals surface area (Å²) in [6, 6.07) is 15.0. The molecule has 0 N–H and O–H groups in total. The highest BCUT2D eigenvalue weighted by atomic mass is 32.1. The molecule has 0 saturated carbocycles. The maximum Gasteiger partial charge on any atom is 0.338 e. The number of nitro benzene ring substituents is 1. The van der Waals surface area contributed by atoms with E-state index in [0.717, 1.165) is 11.3 Å². The first-order chi connectivity index (χ1) is 20.2. The molecule has 12 heteroatoms. The molecule has 5 rings (SSSR count). The molecular formula is C30H23N3O8S. The van der Waals surface area contributed by atoms with Crippen molar-refractivity contribution in [1.82, 2.24) is 4.57 Å². The van der Waals surface area contributed by atoms with Gasteiger partial charge in [-0.1, -0.05) is 36.1 Å². The van der Waals surface area contributed by atoms with Gasteiger partial charge >= 0.3 is 11.9 Å². The van der Waals surface area contributed by atoms with Crippen LogP contribution in [-0.2, 0) is 14.3 Å². The quantitative estimate of drug-likeness (QED) is 0.0991. The Morgan fingerprint density at radius 1 is 1.14 bits per heavy atom. The fourth-order valence-corrected chi connectivity index (χ4v) is 5.48. The maximum absolute atomic E-state index is 13.8. The lowest BCUT2D eigenvalue weighted by molar-refractivity contribution is -0.384. The summed E-state index contributed by atoms with van der Waals surface area (Å²) in [6.45, 7) is 6.52.